The van der Waals surface area contributed by atoms with Crippen LogP contribution in [0.25, 0.3) is 0 Å². The maximum absolute atomic E-state index is 13.3. The summed E-state index contributed by atoms with van der Waals surface area (Å²) in [5.41, 5.74) is -0.0435. The van der Waals surface area contributed by atoms with E-state index in [1.165, 1.54) is 50.1 Å². The van der Waals surface area contributed by atoms with E-state index in [9.17, 15) is 22.8 Å². The van der Waals surface area contributed by atoms with Gasteiger partial charge in [0.2, 0.25) is 5.91 Å². The zero-order chi connectivity index (χ0) is 25.8. The summed E-state index contributed by atoms with van der Waals surface area (Å²) in [4.78, 5) is 31.3. The quantitative estimate of drug-likeness (QED) is 0.486. The summed E-state index contributed by atoms with van der Waals surface area (Å²) in [6.45, 7) is 3.91. The SMILES string of the molecule is CC.COc1ccc(Oc2ccc(CNC(=O)CNC(=O)c3cncnc3)cc2)c(C(F)(F)F)c1. The van der Waals surface area contributed by atoms with Crippen molar-refractivity contribution in [2.24, 2.45) is 0 Å². The maximum Gasteiger partial charge on any atom is 0.420 e. The first kappa shape index (κ1) is 27.1. The first-order chi connectivity index (χ1) is 16.8. The van der Waals surface area contributed by atoms with Gasteiger partial charge in [0.05, 0.1) is 19.2 Å². The molecule has 0 unspecified atom stereocenters. The molecule has 3 aromatic rings. The molecule has 0 fully saturated rings. The highest BCUT2D eigenvalue weighted by atomic mass is 19.4. The summed E-state index contributed by atoms with van der Waals surface area (Å²) in [5.74, 6) is -1.01. The van der Waals surface area contributed by atoms with E-state index < -0.39 is 23.6 Å². The molecule has 3 rings (SSSR count). The minimum atomic E-state index is -4.61. The number of rotatable bonds is 8. The van der Waals surface area contributed by atoms with Crippen LogP contribution in [0.4, 0.5) is 13.2 Å². The number of hydrogen-bond acceptors (Lipinski definition) is 6. The Bertz CT molecular complexity index is 1110. The molecule has 2 aromatic carbocycles. The molecule has 0 radical (unpaired) electrons. The van der Waals surface area contributed by atoms with Crippen molar-refractivity contribution in [1.29, 1.82) is 0 Å². The second kappa shape index (κ2) is 12.9. The maximum atomic E-state index is 13.3. The fourth-order valence-electron chi connectivity index (χ4n) is 2.69. The fourth-order valence-corrected chi connectivity index (χ4v) is 2.69. The van der Waals surface area contributed by atoms with E-state index >= 15 is 0 Å². The number of aromatic nitrogens is 2. The van der Waals surface area contributed by atoms with Gasteiger partial charge in [0.1, 0.15) is 29.1 Å². The largest absolute Gasteiger partial charge is 0.497 e. The number of methoxy groups -OCH3 is 1. The Labute approximate surface area is 200 Å². The van der Waals surface area contributed by atoms with Crippen LogP contribution in [-0.4, -0.2) is 35.4 Å². The van der Waals surface area contributed by atoms with E-state index in [2.05, 4.69) is 20.6 Å². The Hall–Kier alpha value is -4.15. The second-order valence-corrected chi connectivity index (χ2v) is 6.69. The predicted octanol–water partition coefficient (Wildman–Crippen LogP) is 4.37. The minimum absolute atomic E-state index is 0.0639. The van der Waals surface area contributed by atoms with Crippen LogP contribution in [0.3, 0.4) is 0 Å². The van der Waals surface area contributed by atoms with Crippen molar-refractivity contribution in [2.45, 2.75) is 26.6 Å². The van der Waals surface area contributed by atoms with Crippen LogP contribution in [0.1, 0.15) is 35.3 Å². The van der Waals surface area contributed by atoms with Crippen molar-refractivity contribution in [3.63, 3.8) is 0 Å². The Kier molecular flexibility index (Phi) is 10.0. The number of carbonyl (C=O) groups excluding carboxylic acids is 2. The van der Waals surface area contributed by atoms with E-state index in [1.807, 2.05) is 13.8 Å². The van der Waals surface area contributed by atoms with E-state index in [1.54, 1.807) is 12.1 Å². The Morgan fingerprint density at radius 2 is 1.57 bits per heavy atom. The molecule has 11 heteroatoms. The van der Waals surface area contributed by atoms with Crippen molar-refractivity contribution >= 4 is 11.8 Å². The topological polar surface area (TPSA) is 102 Å². The van der Waals surface area contributed by atoms with Crippen molar-refractivity contribution in [2.75, 3.05) is 13.7 Å². The molecule has 0 aliphatic rings. The third-order valence-corrected chi connectivity index (χ3v) is 4.37. The highest BCUT2D eigenvalue weighted by molar-refractivity contribution is 5.95. The molecule has 0 saturated carbocycles. The van der Waals surface area contributed by atoms with Gasteiger partial charge >= 0.3 is 6.18 Å². The smallest absolute Gasteiger partial charge is 0.420 e. The number of nitrogens with one attached hydrogen (secondary N) is 2. The lowest BCUT2D eigenvalue weighted by molar-refractivity contribution is -0.138. The fraction of sp³-hybridized carbons (Fsp3) is 0.250. The van der Waals surface area contributed by atoms with E-state index in [4.69, 9.17) is 9.47 Å². The van der Waals surface area contributed by atoms with Gasteiger partial charge in [0.15, 0.2) is 0 Å². The van der Waals surface area contributed by atoms with Gasteiger partial charge in [0.25, 0.3) is 5.91 Å². The molecule has 8 nitrogen and oxygen atoms in total. The molecule has 0 saturated heterocycles. The van der Waals surface area contributed by atoms with Gasteiger partial charge in [-0.2, -0.15) is 13.2 Å². The summed E-state index contributed by atoms with van der Waals surface area (Å²) in [6.07, 6.45) is -0.677. The van der Waals surface area contributed by atoms with E-state index in [-0.39, 0.29) is 35.9 Å². The molecule has 1 aromatic heterocycles. The van der Waals surface area contributed by atoms with Gasteiger partial charge in [-0.25, -0.2) is 9.97 Å². The average Bonchev–Trinajstić information content (AvgIpc) is 2.88. The number of halogens is 3. The predicted molar refractivity (Wildman–Crippen MR) is 122 cm³/mol. The van der Waals surface area contributed by atoms with E-state index in [0.717, 1.165) is 6.07 Å². The monoisotopic (exact) mass is 490 g/mol. The lowest BCUT2D eigenvalue weighted by Gasteiger charge is -2.15. The zero-order valence-corrected chi connectivity index (χ0v) is 19.3. The summed E-state index contributed by atoms with van der Waals surface area (Å²) in [7, 11) is 1.28. The summed E-state index contributed by atoms with van der Waals surface area (Å²) in [5, 5.41) is 5.07. The molecule has 0 spiro atoms. The van der Waals surface area contributed by atoms with Crippen LogP contribution in [0, 0.1) is 0 Å². The molecule has 186 valence electrons. The standard InChI is InChI=1S/C22H19F3N4O4.C2H6/c1-32-17-6-7-19(18(8-17)22(23,24)25)33-16-4-2-14(3-5-16)9-28-20(30)12-29-21(31)15-10-26-13-27-11-15;1-2/h2-8,10-11,13H,9,12H2,1H3,(H,28,30)(H,29,31);1-2H3. The van der Waals surface area contributed by atoms with E-state index in [0.29, 0.717) is 5.56 Å². The van der Waals surface area contributed by atoms with Crippen molar-refractivity contribution < 1.29 is 32.2 Å². The third-order valence-electron chi connectivity index (χ3n) is 4.37. The lowest BCUT2D eigenvalue weighted by atomic mass is 10.1. The molecular weight excluding hydrogens is 465 g/mol. The van der Waals surface area contributed by atoms with Crippen LogP contribution in [-0.2, 0) is 17.5 Å². The van der Waals surface area contributed by atoms with Crippen LogP contribution >= 0.6 is 0 Å². The first-order valence-electron chi connectivity index (χ1n) is 10.6. The van der Waals surface area contributed by atoms with Gasteiger partial charge < -0.3 is 20.1 Å². The van der Waals surface area contributed by atoms with Crippen LogP contribution in [0.2, 0.25) is 0 Å². The first-order valence-corrected chi connectivity index (χ1v) is 10.6. The van der Waals surface area contributed by atoms with Crippen molar-refractivity contribution in [3.05, 3.63) is 77.9 Å². The van der Waals surface area contributed by atoms with Crippen molar-refractivity contribution in [1.82, 2.24) is 20.6 Å². The number of ether oxygens (including phenoxy) is 2. The number of benzene rings is 2. The lowest BCUT2D eigenvalue weighted by Crippen LogP contribution is -2.36. The highest BCUT2D eigenvalue weighted by Crippen LogP contribution is 2.40. The number of amides is 2. The van der Waals surface area contributed by atoms with Gasteiger partial charge in [-0.3, -0.25) is 9.59 Å². The summed E-state index contributed by atoms with van der Waals surface area (Å²) >= 11 is 0. The number of hydrogen-bond donors (Lipinski definition) is 2. The molecule has 35 heavy (non-hydrogen) atoms. The molecular formula is C24H25F3N4O4. The summed E-state index contributed by atoms with van der Waals surface area (Å²) < 4.78 is 50.2. The van der Waals surface area contributed by atoms with Crippen LogP contribution < -0.4 is 20.1 Å². The highest BCUT2D eigenvalue weighted by Gasteiger charge is 2.35. The van der Waals surface area contributed by atoms with Gasteiger partial charge in [0, 0.05) is 18.9 Å². The van der Waals surface area contributed by atoms with Gasteiger partial charge in [-0.05, 0) is 35.9 Å². The number of carbonyl (C=O) groups is 2. The van der Waals surface area contributed by atoms with Crippen LogP contribution in [0.15, 0.2) is 61.2 Å². The average molecular weight is 490 g/mol. The normalized spacial score (nSPS) is 10.5. The number of alkyl halides is 3. The minimum Gasteiger partial charge on any atom is -0.497 e. The molecule has 1 heterocycles. The molecule has 0 bridgehead atoms. The Morgan fingerprint density at radius 3 is 2.17 bits per heavy atom. The second-order valence-electron chi connectivity index (χ2n) is 6.69. The zero-order valence-electron chi connectivity index (χ0n) is 19.3. The molecule has 0 aliphatic carbocycles. The molecule has 2 amide bonds. The molecule has 2 N–H and O–H groups in total. The van der Waals surface area contributed by atoms with Crippen molar-refractivity contribution in [3.8, 4) is 17.2 Å². The Balaban J connectivity index is 0.00000210. The van der Waals surface area contributed by atoms with Crippen LogP contribution in [0.5, 0.6) is 17.2 Å². The van der Waals surface area contributed by atoms with Gasteiger partial charge in [-0.15, -0.1) is 0 Å². The third kappa shape index (κ3) is 8.29. The molecule has 0 atom stereocenters. The summed E-state index contributed by atoms with van der Waals surface area (Å²) in [6, 6.07) is 9.61. The number of nitrogens with zero attached hydrogens (tertiary/aromatic N) is 2. The Morgan fingerprint density at radius 1 is 0.943 bits per heavy atom. The molecule has 0 aliphatic heterocycles. The van der Waals surface area contributed by atoms with Gasteiger partial charge in [-0.1, -0.05) is 26.0 Å².